The molecular formula is C16H20F3N3O3S2. The van der Waals surface area contributed by atoms with E-state index in [2.05, 4.69) is 10.0 Å². The molecule has 0 saturated heterocycles. The van der Waals surface area contributed by atoms with Gasteiger partial charge < -0.3 is 11.1 Å². The van der Waals surface area contributed by atoms with E-state index in [1.54, 1.807) is 0 Å². The van der Waals surface area contributed by atoms with Crippen molar-refractivity contribution in [3.63, 3.8) is 0 Å². The second kappa shape index (κ2) is 6.43. The van der Waals surface area contributed by atoms with Crippen molar-refractivity contribution in [2.24, 2.45) is 11.7 Å². The maximum absolute atomic E-state index is 13.2. The molecule has 0 aliphatic heterocycles. The molecule has 150 valence electrons. The molecule has 0 radical (unpaired) electrons. The number of aryl methyl sites for hydroxylation is 1. The lowest BCUT2D eigenvalue weighted by Gasteiger charge is -2.35. The zero-order valence-electron chi connectivity index (χ0n) is 14.3. The summed E-state index contributed by atoms with van der Waals surface area (Å²) in [6.45, 7) is 0. The highest BCUT2D eigenvalue weighted by Gasteiger charge is 2.48. The van der Waals surface area contributed by atoms with E-state index in [0.717, 1.165) is 16.2 Å². The molecule has 0 unspecified atom stereocenters. The molecule has 0 aromatic carbocycles. The van der Waals surface area contributed by atoms with Gasteiger partial charge in [0.25, 0.3) is 5.92 Å². The number of fused-ring (bicyclic) bond motifs is 1. The van der Waals surface area contributed by atoms with Crippen molar-refractivity contribution >= 4 is 32.3 Å². The number of carbonyl (C=O) groups is 1. The summed E-state index contributed by atoms with van der Waals surface area (Å²) in [5.41, 5.74) is 6.50. The van der Waals surface area contributed by atoms with Gasteiger partial charge in [-0.25, -0.2) is 26.3 Å². The molecule has 11 heteroatoms. The summed E-state index contributed by atoms with van der Waals surface area (Å²) in [7, 11) is -4.12. The molecule has 1 aromatic heterocycles. The number of hydrogen-bond acceptors (Lipinski definition) is 5. The largest absolute Gasteiger partial charge is 0.327 e. The van der Waals surface area contributed by atoms with Crippen molar-refractivity contribution in [3.8, 4) is 0 Å². The molecule has 0 bridgehead atoms. The molecule has 4 N–H and O–H groups in total. The number of carbonyl (C=O) groups excluding carboxylic acids is 1. The van der Waals surface area contributed by atoms with Crippen LogP contribution in [0.2, 0.25) is 0 Å². The standard InChI is InChI=1S/C16H20F3N3O3S2/c17-11-4-9(11)14(23)21-15-13(10-3-7(20)1-2-12(10)26-15)27(24,25)22-8-5-16(18,19)6-8/h7-9,11,22H,1-6,20H2,(H,21,23)/t7-,9-,11-/m0/s1. The fourth-order valence-corrected chi connectivity index (χ4v) is 6.82. The SMILES string of the molecule is N[C@H]1CCc2sc(NC(=O)[C@H]3C[C@@H]3F)c(S(=O)(=O)NC3CC(F)(F)C3)c2C1. The Kier molecular flexibility index (Phi) is 4.56. The number of sulfonamides is 1. The number of nitrogens with two attached hydrogens (primary N) is 1. The first-order chi connectivity index (χ1) is 12.6. The predicted octanol–water partition coefficient (Wildman–Crippen LogP) is 1.94. The van der Waals surface area contributed by atoms with Crippen LogP contribution in [-0.4, -0.2) is 38.5 Å². The quantitative estimate of drug-likeness (QED) is 0.674. The molecule has 3 atom stereocenters. The molecule has 1 amide bonds. The Morgan fingerprint density at radius 3 is 2.56 bits per heavy atom. The van der Waals surface area contributed by atoms with Crippen LogP contribution >= 0.6 is 11.3 Å². The van der Waals surface area contributed by atoms with Crippen molar-refractivity contribution in [1.29, 1.82) is 0 Å². The van der Waals surface area contributed by atoms with Crippen molar-refractivity contribution in [2.75, 3.05) is 5.32 Å². The second-order valence-electron chi connectivity index (χ2n) is 7.59. The molecule has 27 heavy (non-hydrogen) atoms. The highest BCUT2D eigenvalue weighted by atomic mass is 32.2. The molecule has 3 aliphatic carbocycles. The van der Waals surface area contributed by atoms with Gasteiger partial charge in [-0.2, -0.15) is 0 Å². The first kappa shape index (κ1) is 19.2. The fraction of sp³-hybridized carbons (Fsp3) is 0.688. The lowest BCUT2D eigenvalue weighted by Crippen LogP contribution is -2.50. The Balaban J connectivity index is 1.64. The molecule has 0 spiro atoms. The van der Waals surface area contributed by atoms with E-state index in [9.17, 15) is 26.4 Å². The number of nitrogens with one attached hydrogen (secondary N) is 2. The van der Waals surface area contributed by atoms with Crippen LogP contribution in [0.3, 0.4) is 0 Å². The Hall–Kier alpha value is -1.17. The monoisotopic (exact) mass is 423 g/mol. The summed E-state index contributed by atoms with van der Waals surface area (Å²) in [6.07, 6.45) is -0.582. The lowest BCUT2D eigenvalue weighted by atomic mass is 9.89. The number of amides is 1. The van der Waals surface area contributed by atoms with Crippen LogP contribution in [0.5, 0.6) is 0 Å². The van der Waals surface area contributed by atoms with E-state index in [1.807, 2.05) is 0 Å². The van der Waals surface area contributed by atoms with Gasteiger partial charge in [-0.3, -0.25) is 4.79 Å². The maximum Gasteiger partial charge on any atom is 0.251 e. The summed E-state index contributed by atoms with van der Waals surface area (Å²) in [6, 6.07) is -1.06. The molecule has 1 aromatic rings. The molecule has 1 heterocycles. The van der Waals surface area contributed by atoms with Gasteiger partial charge in [0.05, 0.1) is 5.92 Å². The third kappa shape index (κ3) is 3.74. The lowest BCUT2D eigenvalue weighted by molar-refractivity contribution is -0.117. The number of thiophene rings is 1. The van der Waals surface area contributed by atoms with Gasteiger partial charge in [-0.05, 0) is 31.2 Å². The maximum atomic E-state index is 13.2. The summed E-state index contributed by atoms with van der Waals surface area (Å²) in [5.74, 6) is -4.18. The number of alkyl halides is 3. The normalized spacial score (nSPS) is 29.7. The van der Waals surface area contributed by atoms with Crippen molar-refractivity contribution in [1.82, 2.24) is 4.72 Å². The molecule has 3 aliphatic rings. The highest BCUT2D eigenvalue weighted by Crippen LogP contribution is 2.44. The van der Waals surface area contributed by atoms with E-state index in [1.165, 1.54) is 0 Å². The predicted molar refractivity (Wildman–Crippen MR) is 94.2 cm³/mol. The highest BCUT2D eigenvalue weighted by molar-refractivity contribution is 7.90. The Morgan fingerprint density at radius 2 is 1.96 bits per heavy atom. The second-order valence-corrected chi connectivity index (χ2v) is 10.4. The van der Waals surface area contributed by atoms with E-state index in [4.69, 9.17) is 5.73 Å². The fourth-order valence-electron chi connectivity index (χ4n) is 3.61. The van der Waals surface area contributed by atoms with Gasteiger partial charge in [0.15, 0.2) is 0 Å². The minimum atomic E-state index is -4.12. The van der Waals surface area contributed by atoms with E-state index in [-0.39, 0.29) is 22.4 Å². The topological polar surface area (TPSA) is 101 Å². The van der Waals surface area contributed by atoms with Crippen LogP contribution in [0.4, 0.5) is 18.2 Å². The zero-order valence-corrected chi connectivity index (χ0v) is 15.9. The van der Waals surface area contributed by atoms with Crippen molar-refractivity contribution in [3.05, 3.63) is 10.4 Å². The summed E-state index contributed by atoms with van der Waals surface area (Å²) < 4.78 is 67.5. The number of hydrogen-bond donors (Lipinski definition) is 3. The van der Waals surface area contributed by atoms with Gasteiger partial charge in [0.2, 0.25) is 15.9 Å². The number of anilines is 1. The molecule has 2 fully saturated rings. The third-order valence-electron chi connectivity index (χ3n) is 5.22. The summed E-state index contributed by atoms with van der Waals surface area (Å²) in [4.78, 5) is 12.8. The molecule has 4 rings (SSSR count). The summed E-state index contributed by atoms with van der Waals surface area (Å²) in [5, 5.41) is 2.66. The Labute approximate surface area is 158 Å². The zero-order chi connectivity index (χ0) is 19.6. The van der Waals surface area contributed by atoms with Crippen LogP contribution in [0.1, 0.15) is 36.1 Å². The van der Waals surface area contributed by atoms with Gasteiger partial charge in [-0.15, -0.1) is 11.3 Å². The smallest absolute Gasteiger partial charge is 0.251 e. The van der Waals surface area contributed by atoms with Crippen molar-refractivity contribution in [2.45, 2.75) is 67.6 Å². The van der Waals surface area contributed by atoms with Crippen LogP contribution in [-0.2, 0) is 27.7 Å². The first-order valence-electron chi connectivity index (χ1n) is 8.81. The van der Waals surface area contributed by atoms with Gasteiger partial charge in [0, 0.05) is 29.8 Å². The van der Waals surface area contributed by atoms with E-state index in [0.29, 0.717) is 24.8 Å². The molecule has 2 saturated carbocycles. The van der Waals surface area contributed by atoms with Gasteiger partial charge in [0.1, 0.15) is 16.1 Å². The van der Waals surface area contributed by atoms with Gasteiger partial charge >= 0.3 is 0 Å². The summed E-state index contributed by atoms with van der Waals surface area (Å²) >= 11 is 1.14. The number of halogens is 3. The van der Waals surface area contributed by atoms with Crippen LogP contribution < -0.4 is 15.8 Å². The minimum Gasteiger partial charge on any atom is -0.327 e. The first-order valence-corrected chi connectivity index (χ1v) is 11.1. The van der Waals surface area contributed by atoms with Crippen LogP contribution in [0.15, 0.2) is 4.90 Å². The average molecular weight is 423 g/mol. The van der Waals surface area contributed by atoms with Gasteiger partial charge in [-0.1, -0.05) is 0 Å². The van der Waals surface area contributed by atoms with E-state index >= 15 is 0 Å². The average Bonchev–Trinajstić information content (AvgIpc) is 3.13. The van der Waals surface area contributed by atoms with Crippen LogP contribution in [0.25, 0.3) is 0 Å². The minimum absolute atomic E-state index is 0.0997. The third-order valence-corrected chi connectivity index (χ3v) is 8.19. The molecular weight excluding hydrogens is 403 g/mol. The Morgan fingerprint density at radius 1 is 1.30 bits per heavy atom. The Bertz CT molecular complexity index is 879. The van der Waals surface area contributed by atoms with Crippen molar-refractivity contribution < 1.29 is 26.4 Å². The number of rotatable bonds is 5. The van der Waals surface area contributed by atoms with E-state index < -0.39 is 52.8 Å². The van der Waals surface area contributed by atoms with Crippen LogP contribution in [0, 0.1) is 5.92 Å². The molecule has 6 nitrogen and oxygen atoms in total.